The van der Waals surface area contributed by atoms with Crippen molar-refractivity contribution in [1.82, 2.24) is 5.32 Å². The van der Waals surface area contributed by atoms with Crippen LogP contribution in [0.15, 0.2) is 23.4 Å². The molecule has 0 aromatic heterocycles. The number of ether oxygens (including phenoxy) is 1. The van der Waals surface area contributed by atoms with E-state index in [2.05, 4.69) is 10.5 Å². The van der Waals surface area contributed by atoms with Gasteiger partial charge in [-0.05, 0) is 25.0 Å². The van der Waals surface area contributed by atoms with Gasteiger partial charge in [0.15, 0.2) is 0 Å². The van der Waals surface area contributed by atoms with Crippen molar-refractivity contribution < 1.29 is 19.1 Å². The van der Waals surface area contributed by atoms with Gasteiger partial charge < -0.3 is 21.0 Å². The van der Waals surface area contributed by atoms with E-state index in [1.54, 1.807) is 0 Å². The molecule has 4 N–H and O–H groups in total. The van der Waals surface area contributed by atoms with E-state index >= 15 is 0 Å². The van der Waals surface area contributed by atoms with Gasteiger partial charge >= 0.3 is 0 Å². The predicted molar refractivity (Wildman–Crippen MR) is 72.5 cm³/mol. The van der Waals surface area contributed by atoms with Gasteiger partial charge in [0.05, 0.1) is 7.11 Å². The lowest BCUT2D eigenvalue weighted by Gasteiger charge is -2.10. The molecule has 0 aliphatic heterocycles. The van der Waals surface area contributed by atoms with Crippen LogP contribution in [0.5, 0.6) is 5.75 Å². The number of hydrogen-bond acceptors (Lipinski definition) is 4. The second-order valence-electron chi connectivity index (χ2n) is 4.12. The van der Waals surface area contributed by atoms with Crippen LogP contribution in [0.3, 0.4) is 0 Å². The van der Waals surface area contributed by atoms with Crippen LogP contribution in [0.1, 0.15) is 29.6 Å². The van der Waals surface area contributed by atoms with E-state index in [4.69, 9.17) is 15.7 Å². The Morgan fingerprint density at radius 2 is 2.25 bits per heavy atom. The number of nitrogens with one attached hydrogen (secondary N) is 1. The van der Waals surface area contributed by atoms with E-state index in [1.807, 2.05) is 0 Å². The van der Waals surface area contributed by atoms with Gasteiger partial charge in [0.1, 0.15) is 23.0 Å². The summed E-state index contributed by atoms with van der Waals surface area (Å²) in [5.74, 6) is -0.812. The third kappa shape index (κ3) is 4.42. The third-order valence-electron chi connectivity index (χ3n) is 2.70. The van der Waals surface area contributed by atoms with Crippen molar-refractivity contribution in [2.45, 2.75) is 19.3 Å². The van der Waals surface area contributed by atoms with E-state index in [1.165, 1.54) is 25.3 Å². The molecule has 0 bridgehead atoms. The summed E-state index contributed by atoms with van der Waals surface area (Å²) < 4.78 is 18.6. The minimum atomic E-state index is -0.626. The van der Waals surface area contributed by atoms with Crippen molar-refractivity contribution in [3.8, 4) is 5.75 Å². The number of hydrogen-bond donors (Lipinski definition) is 3. The van der Waals surface area contributed by atoms with Crippen molar-refractivity contribution in [2.75, 3.05) is 13.7 Å². The van der Waals surface area contributed by atoms with Crippen LogP contribution in [0.25, 0.3) is 0 Å². The minimum absolute atomic E-state index is 0.105. The van der Waals surface area contributed by atoms with Crippen LogP contribution in [0, 0.1) is 5.82 Å². The maximum atomic E-state index is 13.6. The number of unbranched alkanes of at least 4 members (excludes halogenated alkanes) is 1. The minimum Gasteiger partial charge on any atom is -0.496 e. The molecule has 0 radical (unpaired) electrons. The monoisotopic (exact) mass is 283 g/mol. The Morgan fingerprint density at radius 3 is 2.90 bits per heavy atom. The molecule has 0 unspecified atom stereocenters. The molecule has 110 valence electrons. The number of methoxy groups -OCH3 is 1. The SMILES string of the molecule is COc1cccc(F)c1C(=O)NCCCCC(N)=NO. The summed E-state index contributed by atoms with van der Waals surface area (Å²) in [6.07, 6.45) is 1.73. The van der Waals surface area contributed by atoms with Crippen LogP contribution in [-0.2, 0) is 0 Å². The fourth-order valence-corrected chi connectivity index (χ4v) is 1.67. The van der Waals surface area contributed by atoms with Crippen LogP contribution in [-0.4, -0.2) is 30.6 Å². The number of carbonyl (C=O) groups is 1. The fraction of sp³-hybridized carbons (Fsp3) is 0.385. The summed E-state index contributed by atoms with van der Waals surface area (Å²) in [6.45, 7) is 0.370. The number of halogens is 1. The second-order valence-corrected chi connectivity index (χ2v) is 4.12. The van der Waals surface area contributed by atoms with Crippen molar-refractivity contribution in [2.24, 2.45) is 10.9 Å². The molecular weight excluding hydrogens is 265 g/mol. The number of rotatable bonds is 7. The van der Waals surface area contributed by atoms with Gasteiger partial charge in [-0.25, -0.2) is 4.39 Å². The molecule has 1 aromatic carbocycles. The van der Waals surface area contributed by atoms with Gasteiger partial charge in [-0.2, -0.15) is 0 Å². The molecule has 6 nitrogen and oxygen atoms in total. The number of amides is 1. The summed E-state index contributed by atoms with van der Waals surface area (Å²) in [5.41, 5.74) is 5.21. The Hall–Kier alpha value is -2.31. The Labute approximate surface area is 116 Å². The topological polar surface area (TPSA) is 96.9 Å². The Morgan fingerprint density at radius 1 is 1.50 bits per heavy atom. The smallest absolute Gasteiger partial charge is 0.258 e. The number of benzene rings is 1. The molecule has 7 heteroatoms. The Kier molecular flexibility index (Phi) is 6.28. The zero-order valence-electron chi connectivity index (χ0n) is 11.2. The van der Waals surface area contributed by atoms with E-state index in [9.17, 15) is 9.18 Å². The zero-order valence-corrected chi connectivity index (χ0v) is 11.2. The van der Waals surface area contributed by atoms with E-state index in [0.29, 0.717) is 25.8 Å². The average molecular weight is 283 g/mol. The molecule has 0 saturated heterocycles. The summed E-state index contributed by atoms with van der Waals surface area (Å²) in [5, 5.41) is 13.8. The van der Waals surface area contributed by atoms with Crippen molar-refractivity contribution >= 4 is 11.7 Å². The lowest BCUT2D eigenvalue weighted by molar-refractivity contribution is 0.0945. The molecule has 0 fully saturated rings. The highest BCUT2D eigenvalue weighted by Crippen LogP contribution is 2.20. The van der Waals surface area contributed by atoms with Gasteiger partial charge in [-0.1, -0.05) is 11.2 Å². The highest BCUT2D eigenvalue weighted by atomic mass is 19.1. The number of carbonyl (C=O) groups excluding carboxylic acids is 1. The van der Waals surface area contributed by atoms with Crippen LogP contribution >= 0.6 is 0 Å². The zero-order chi connectivity index (χ0) is 15.0. The van der Waals surface area contributed by atoms with Gasteiger partial charge in [-0.15, -0.1) is 0 Å². The molecular formula is C13H18FN3O3. The van der Waals surface area contributed by atoms with E-state index in [0.717, 1.165) is 0 Å². The molecule has 0 aliphatic rings. The van der Waals surface area contributed by atoms with Crippen LogP contribution in [0.2, 0.25) is 0 Å². The van der Waals surface area contributed by atoms with Gasteiger partial charge in [0.2, 0.25) is 0 Å². The average Bonchev–Trinajstić information content (AvgIpc) is 2.45. The van der Waals surface area contributed by atoms with Gasteiger partial charge in [0.25, 0.3) is 5.91 Å². The number of amidine groups is 1. The summed E-state index contributed by atoms with van der Waals surface area (Å²) in [6, 6.07) is 4.20. The first-order chi connectivity index (χ1) is 9.60. The quantitative estimate of drug-likeness (QED) is 0.232. The van der Waals surface area contributed by atoms with Crippen molar-refractivity contribution in [3.05, 3.63) is 29.6 Å². The van der Waals surface area contributed by atoms with Gasteiger partial charge in [-0.3, -0.25) is 4.79 Å². The maximum absolute atomic E-state index is 13.6. The van der Waals surface area contributed by atoms with Crippen LogP contribution in [0.4, 0.5) is 4.39 Å². The molecule has 0 saturated carbocycles. The largest absolute Gasteiger partial charge is 0.496 e. The second kappa shape index (κ2) is 7.98. The molecule has 1 aromatic rings. The number of nitrogens with zero attached hydrogens (tertiary/aromatic N) is 1. The number of oxime groups is 1. The standard InChI is InChI=1S/C13H18FN3O3/c1-20-10-6-4-5-9(14)12(10)13(18)16-8-3-2-7-11(15)17-19/h4-6,19H,2-3,7-8H2,1H3,(H2,15,17)(H,16,18). The van der Waals surface area contributed by atoms with Gasteiger partial charge in [0, 0.05) is 13.0 Å². The highest BCUT2D eigenvalue weighted by molar-refractivity contribution is 5.97. The normalized spacial score (nSPS) is 11.2. The van der Waals surface area contributed by atoms with Crippen LogP contribution < -0.4 is 15.8 Å². The fourth-order valence-electron chi connectivity index (χ4n) is 1.67. The van der Waals surface area contributed by atoms with E-state index in [-0.39, 0.29) is 17.1 Å². The third-order valence-corrected chi connectivity index (χ3v) is 2.70. The molecule has 0 heterocycles. The molecule has 1 rings (SSSR count). The molecule has 0 aliphatic carbocycles. The number of nitrogens with two attached hydrogens (primary N) is 1. The molecule has 0 spiro atoms. The molecule has 1 amide bonds. The Balaban J connectivity index is 2.48. The predicted octanol–water partition coefficient (Wildman–Crippen LogP) is 1.48. The first-order valence-corrected chi connectivity index (χ1v) is 6.17. The van der Waals surface area contributed by atoms with E-state index < -0.39 is 11.7 Å². The lowest BCUT2D eigenvalue weighted by Crippen LogP contribution is -2.26. The first kappa shape index (κ1) is 15.7. The molecule has 20 heavy (non-hydrogen) atoms. The molecule has 0 atom stereocenters. The van der Waals surface area contributed by atoms with Crippen molar-refractivity contribution in [3.63, 3.8) is 0 Å². The summed E-state index contributed by atoms with van der Waals surface area (Å²) in [4.78, 5) is 11.9. The lowest BCUT2D eigenvalue weighted by atomic mass is 10.1. The summed E-state index contributed by atoms with van der Waals surface area (Å²) in [7, 11) is 1.38. The Bertz CT molecular complexity index is 492. The van der Waals surface area contributed by atoms with Crippen molar-refractivity contribution in [1.29, 1.82) is 0 Å². The maximum Gasteiger partial charge on any atom is 0.258 e. The summed E-state index contributed by atoms with van der Waals surface area (Å²) >= 11 is 0. The highest BCUT2D eigenvalue weighted by Gasteiger charge is 2.16. The first-order valence-electron chi connectivity index (χ1n) is 6.17.